The summed E-state index contributed by atoms with van der Waals surface area (Å²) in [6.45, 7) is 3.52. The van der Waals surface area contributed by atoms with E-state index in [9.17, 15) is 0 Å². The van der Waals surface area contributed by atoms with Crippen molar-refractivity contribution in [1.82, 2.24) is 5.32 Å². The fourth-order valence-corrected chi connectivity index (χ4v) is 3.04. The number of nitrogens with one attached hydrogen (secondary N) is 1. The van der Waals surface area contributed by atoms with Gasteiger partial charge in [-0.05, 0) is 37.3 Å². The van der Waals surface area contributed by atoms with Crippen LogP contribution >= 0.6 is 11.8 Å². The van der Waals surface area contributed by atoms with Crippen LogP contribution in [0.5, 0.6) is 0 Å². The molecule has 1 N–H and O–H groups in total. The van der Waals surface area contributed by atoms with E-state index in [1.165, 1.54) is 63.0 Å². The number of thioether (sulfide) groups is 1. The van der Waals surface area contributed by atoms with Gasteiger partial charge in [-0.2, -0.15) is 11.8 Å². The van der Waals surface area contributed by atoms with Crippen molar-refractivity contribution in [1.29, 1.82) is 0 Å². The second-order valence-electron chi connectivity index (χ2n) is 4.25. The minimum Gasteiger partial charge on any atom is -0.314 e. The fourth-order valence-electron chi connectivity index (χ4n) is 1.94. The lowest BCUT2D eigenvalue weighted by Gasteiger charge is -2.22. The van der Waals surface area contributed by atoms with Crippen molar-refractivity contribution in [2.24, 2.45) is 0 Å². The van der Waals surface area contributed by atoms with Gasteiger partial charge in [0.05, 0.1) is 0 Å². The molecule has 0 aromatic heterocycles. The minimum absolute atomic E-state index is 0.836. The first-order valence-electron chi connectivity index (χ1n) is 6.24. The first kappa shape index (κ1) is 12.4. The molecule has 0 aromatic rings. The summed E-state index contributed by atoms with van der Waals surface area (Å²) in [5.41, 5.74) is 0. The van der Waals surface area contributed by atoms with Gasteiger partial charge in [-0.3, -0.25) is 0 Å². The Hall–Kier alpha value is 0.310. The lowest BCUT2D eigenvalue weighted by Crippen LogP contribution is -2.33. The van der Waals surface area contributed by atoms with E-state index in [2.05, 4.69) is 24.0 Å². The van der Waals surface area contributed by atoms with Gasteiger partial charge in [0.1, 0.15) is 0 Å². The molecule has 1 aliphatic heterocycles. The number of hydrogen-bond acceptors (Lipinski definition) is 2. The predicted molar refractivity (Wildman–Crippen MR) is 67.1 cm³/mol. The molecule has 1 nitrogen and oxygen atoms in total. The highest BCUT2D eigenvalue weighted by molar-refractivity contribution is 7.99. The third-order valence-electron chi connectivity index (χ3n) is 2.93. The van der Waals surface area contributed by atoms with E-state index in [0.717, 1.165) is 6.04 Å². The van der Waals surface area contributed by atoms with Crippen LogP contribution in [0.15, 0.2) is 0 Å². The quantitative estimate of drug-likeness (QED) is 0.653. The van der Waals surface area contributed by atoms with E-state index in [4.69, 9.17) is 0 Å². The van der Waals surface area contributed by atoms with Crippen molar-refractivity contribution in [2.75, 3.05) is 18.1 Å². The molecule has 14 heavy (non-hydrogen) atoms. The molecule has 1 fully saturated rings. The molecule has 0 aliphatic carbocycles. The van der Waals surface area contributed by atoms with Gasteiger partial charge in [0.15, 0.2) is 0 Å². The van der Waals surface area contributed by atoms with Crippen molar-refractivity contribution < 1.29 is 0 Å². The van der Waals surface area contributed by atoms with Gasteiger partial charge in [-0.15, -0.1) is 0 Å². The van der Waals surface area contributed by atoms with E-state index in [-0.39, 0.29) is 0 Å². The van der Waals surface area contributed by atoms with E-state index in [1.54, 1.807) is 0 Å². The molecule has 0 spiro atoms. The van der Waals surface area contributed by atoms with Crippen LogP contribution in [0.4, 0.5) is 0 Å². The number of hydrogen-bond donors (Lipinski definition) is 1. The maximum Gasteiger partial charge on any atom is 0.00827 e. The highest BCUT2D eigenvalue weighted by Crippen LogP contribution is 2.16. The van der Waals surface area contributed by atoms with Crippen molar-refractivity contribution in [3.63, 3.8) is 0 Å². The molecular weight excluding hydrogens is 190 g/mol. The van der Waals surface area contributed by atoms with E-state index in [0.29, 0.717) is 0 Å². The topological polar surface area (TPSA) is 12.0 Å². The summed E-state index contributed by atoms with van der Waals surface area (Å²) < 4.78 is 0. The van der Waals surface area contributed by atoms with E-state index < -0.39 is 0 Å². The van der Waals surface area contributed by atoms with Crippen LogP contribution < -0.4 is 5.32 Å². The zero-order chi connectivity index (χ0) is 10.1. The molecule has 1 heterocycles. The average Bonchev–Trinajstić information content (AvgIpc) is 2.25. The smallest absolute Gasteiger partial charge is 0.00827 e. The summed E-state index contributed by atoms with van der Waals surface area (Å²) in [6, 6.07) is 0.836. The summed E-state index contributed by atoms with van der Waals surface area (Å²) in [5.74, 6) is 2.74. The Morgan fingerprint density at radius 2 is 1.79 bits per heavy atom. The summed E-state index contributed by atoms with van der Waals surface area (Å²) in [6.07, 6.45) is 9.78. The first-order valence-corrected chi connectivity index (χ1v) is 7.40. The van der Waals surface area contributed by atoms with Gasteiger partial charge >= 0.3 is 0 Å². The Morgan fingerprint density at radius 1 is 1.07 bits per heavy atom. The Balaban J connectivity index is 1.82. The van der Waals surface area contributed by atoms with Gasteiger partial charge in [0, 0.05) is 6.04 Å². The molecule has 0 saturated carbocycles. The average molecular weight is 215 g/mol. The zero-order valence-corrected chi connectivity index (χ0v) is 10.4. The maximum atomic E-state index is 3.69. The molecule has 2 heteroatoms. The first-order chi connectivity index (χ1) is 6.93. The summed E-state index contributed by atoms with van der Waals surface area (Å²) in [5, 5.41) is 3.69. The van der Waals surface area contributed by atoms with E-state index >= 15 is 0 Å². The third-order valence-corrected chi connectivity index (χ3v) is 3.98. The van der Waals surface area contributed by atoms with Crippen LogP contribution in [0.2, 0.25) is 0 Å². The Morgan fingerprint density at radius 3 is 2.50 bits per heavy atom. The van der Waals surface area contributed by atoms with Crippen molar-refractivity contribution >= 4 is 11.8 Å². The summed E-state index contributed by atoms with van der Waals surface area (Å²) in [4.78, 5) is 0. The Labute approximate surface area is 93.4 Å². The Bertz CT molecular complexity index is 121. The highest BCUT2D eigenvalue weighted by Gasteiger charge is 2.11. The zero-order valence-electron chi connectivity index (χ0n) is 9.56. The van der Waals surface area contributed by atoms with Gasteiger partial charge in [0.25, 0.3) is 0 Å². The molecule has 0 bridgehead atoms. The third kappa shape index (κ3) is 5.92. The lowest BCUT2D eigenvalue weighted by molar-refractivity contribution is 0.467. The van der Waals surface area contributed by atoms with Gasteiger partial charge < -0.3 is 5.32 Å². The van der Waals surface area contributed by atoms with Crippen molar-refractivity contribution in [3.05, 3.63) is 0 Å². The molecule has 0 amide bonds. The van der Waals surface area contributed by atoms with Crippen LogP contribution in [0.1, 0.15) is 51.9 Å². The predicted octanol–water partition coefficient (Wildman–Crippen LogP) is 3.44. The van der Waals surface area contributed by atoms with Crippen LogP contribution in [0.25, 0.3) is 0 Å². The molecule has 1 saturated heterocycles. The van der Waals surface area contributed by atoms with Crippen LogP contribution in [0.3, 0.4) is 0 Å². The number of rotatable bonds is 7. The minimum atomic E-state index is 0.836. The second-order valence-corrected chi connectivity index (χ2v) is 5.48. The summed E-state index contributed by atoms with van der Waals surface area (Å²) in [7, 11) is 0. The SMILES string of the molecule is CCCCCCCNC1CCSCC1. The highest BCUT2D eigenvalue weighted by atomic mass is 32.2. The van der Waals surface area contributed by atoms with Crippen molar-refractivity contribution in [2.45, 2.75) is 57.9 Å². The monoisotopic (exact) mass is 215 g/mol. The van der Waals surface area contributed by atoms with Crippen LogP contribution in [0, 0.1) is 0 Å². The molecule has 0 radical (unpaired) electrons. The molecular formula is C12H25NS. The molecule has 0 aromatic carbocycles. The fraction of sp³-hybridized carbons (Fsp3) is 1.00. The second kappa shape index (κ2) is 8.60. The molecule has 84 valence electrons. The Kier molecular flexibility index (Phi) is 7.61. The molecule has 1 aliphatic rings. The van der Waals surface area contributed by atoms with Gasteiger partial charge in [0.2, 0.25) is 0 Å². The largest absolute Gasteiger partial charge is 0.314 e. The molecule has 1 rings (SSSR count). The van der Waals surface area contributed by atoms with E-state index in [1.807, 2.05) is 0 Å². The van der Waals surface area contributed by atoms with Crippen LogP contribution in [-0.4, -0.2) is 24.1 Å². The lowest BCUT2D eigenvalue weighted by atomic mass is 10.1. The standard InChI is InChI=1S/C12H25NS/c1-2-3-4-5-6-9-13-12-7-10-14-11-8-12/h12-13H,2-11H2,1H3. The van der Waals surface area contributed by atoms with Gasteiger partial charge in [-0.25, -0.2) is 0 Å². The normalized spacial score (nSPS) is 18.6. The number of unbranched alkanes of at least 4 members (excludes halogenated alkanes) is 4. The van der Waals surface area contributed by atoms with Crippen molar-refractivity contribution in [3.8, 4) is 0 Å². The van der Waals surface area contributed by atoms with Gasteiger partial charge in [-0.1, -0.05) is 32.6 Å². The molecule has 0 unspecified atom stereocenters. The molecule has 0 atom stereocenters. The maximum absolute atomic E-state index is 3.69. The summed E-state index contributed by atoms with van der Waals surface area (Å²) >= 11 is 2.11. The van der Waals surface area contributed by atoms with Crippen LogP contribution in [-0.2, 0) is 0 Å².